The molecule has 0 aliphatic carbocycles. The van der Waals surface area contributed by atoms with E-state index in [-0.39, 0.29) is 6.09 Å². The number of ether oxygens (including phenoxy) is 1. The fourth-order valence-corrected chi connectivity index (χ4v) is 5.20. The van der Waals surface area contributed by atoms with Gasteiger partial charge in [0.25, 0.3) is 0 Å². The Morgan fingerprint density at radius 2 is 2.03 bits per heavy atom. The summed E-state index contributed by atoms with van der Waals surface area (Å²) in [6.45, 7) is 12.4. The molecule has 1 N–H and O–H groups in total. The number of carbonyl (C=O) groups excluding carboxylic acids is 1. The lowest BCUT2D eigenvalue weighted by molar-refractivity contribution is 0.0120. The van der Waals surface area contributed by atoms with Gasteiger partial charge >= 0.3 is 6.09 Å². The number of amides is 1. The summed E-state index contributed by atoms with van der Waals surface area (Å²) in [6.07, 6.45) is 2.90. The smallest absolute Gasteiger partial charge is 0.410 e. The van der Waals surface area contributed by atoms with Crippen molar-refractivity contribution in [1.82, 2.24) is 20.0 Å². The first kappa shape index (κ1) is 21.4. The molecule has 1 amide bonds. The number of aromatic nitrogens is 2. The van der Waals surface area contributed by atoms with Gasteiger partial charge in [0.15, 0.2) is 11.0 Å². The Bertz CT molecular complexity index is 777. The van der Waals surface area contributed by atoms with Crippen LogP contribution in [0.2, 0.25) is 5.15 Å². The summed E-state index contributed by atoms with van der Waals surface area (Å²) in [6, 6.07) is 3.34. The Labute approximate surface area is 183 Å². The van der Waals surface area contributed by atoms with Gasteiger partial charge in [0, 0.05) is 50.4 Å². The highest BCUT2D eigenvalue weighted by Gasteiger charge is 2.41. The molecule has 1 unspecified atom stereocenters. The summed E-state index contributed by atoms with van der Waals surface area (Å²) < 4.78 is 5.54. The largest absolute Gasteiger partial charge is 0.444 e. The van der Waals surface area contributed by atoms with E-state index < -0.39 is 5.60 Å². The summed E-state index contributed by atoms with van der Waals surface area (Å²) >= 11 is 6.11. The first-order chi connectivity index (χ1) is 14.2. The highest BCUT2D eigenvalue weighted by molar-refractivity contribution is 6.29. The molecule has 9 heteroatoms. The lowest BCUT2D eigenvalue weighted by atomic mass is 10.00. The van der Waals surface area contributed by atoms with Crippen molar-refractivity contribution in [3.05, 3.63) is 11.2 Å². The van der Waals surface area contributed by atoms with Crippen LogP contribution in [0.5, 0.6) is 0 Å². The third-order valence-corrected chi connectivity index (χ3v) is 6.55. The molecule has 0 aromatic carbocycles. The second-order valence-corrected chi connectivity index (χ2v) is 9.89. The SMILES string of the molecule is CCN(C1CCN(C(=O)OC(C)(C)C)CC1)[C@@H]1CC2CNc3nnc(Cl)cc3N2C1. The van der Waals surface area contributed by atoms with Gasteiger partial charge in [-0.2, -0.15) is 0 Å². The number of likely N-dealkylation sites (tertiary alicyclic amines) is 1. The van der Waals surface area contributed by atoms with Gasteiger partial charge in [-0.05, 0) is 46.6 Å². The number of rotatable bonds is 3. The number of hydrogen-bond donors (Lipinski definition) is 1. The number of anilines is 2. The van der Waals surface area contributed by atoms with Crippen molar-refractivity contribution in [1.29, 1.82) is 0 Å². The van der Waals surface area contributed by atoms with Crippen LogP contribution in [0, 0.1) is 0 Å². The lowest BCUT2D eigenvalue weighted by Crippen LogP contribution is -2.51. The summed E-state index contributed by atoms with van der Waals surface area (Å²) in [7, 11) is 0. The minimum atomic E-state index is -0.449. The average molecular weight is 437 g/mol. The molecular weight excluding hydrogens is 404 g/mol. The molecule has 4 heterocycles. The predicted molar refractivity (Wildman–Crippen MR) is 118 cm³/mol. The van der Waals surface area contributed by atoms with Crippen LogP contribution in [0.1, 0.15) is 47.0 Å². The Kier molecular flexibility index (Phi) is 5.99. The van der Waals surface area contributed by atoms with Crippen LogP contribution in [-0.4, -0.2) is 82.5 Å². The van der Waals surface area contributed by atoms with Gasteiger partial charge in [0.2, 0.25) is 0 Å². The number of piperidine rings is 1. The molecule has 0 spiro atoms. The normalized spacial score (nSPS) is 24.5. The zero-order chi connectivity index (χ0) is 21.5. The van der Waals surface area contributed by atoms with Crippen LogP contribution in [-0.2, 0) is 4.74 Å². The zero-order valence-corrected chi connectivity index (χ0v) is 19.2. The quantitative estimate of drug-likeness (QED) is 0.779. The maximum atomic E-state index is 12.4. The monoisotopic (exact) mass is 436 g/mol. The van der Waals surface area contributed by atoms with E-state index in [4.69, 9.17) is 16.3 Å². The molecule has 166 valence electrons. The number of nitrogens with one attached hydrogen (secondary N) is 1. The van der Waals surface area contributed by atoms with E-state index in [1.54, 1.807) is 0 Å². The number of likely N-dealkylation sites (N-methyl/N-ethyl adjacent to an activating group) is 1. The highest BCUT2D eigenvalue weighted by Crippen LogP contribution is 2.37. The first-order valence-electron chi connectivity index (χ1n) is 11.0. The second kappa shape index (κ2) is 8.38. The third kappa shape index (κ3) is 4.44. The average Bonchev–Trinajstić information content (AvgIpc) is 3.12. The molecule has 3 aliphatic heterocycles. The fourth-order valence-electron chi connectivity index (χ4n) is 5.06. The zero-order valence-electron chi connectivity index (χ0n) is 18.4. The molecule has 30 heavy (non-hydrogen) atoms. The van der Waals surface area contributed by atoms with E-state index in [0.717, 1.165) is 63.5 Å². The van der Waals surface area contributed by atoms with Crippen molar-refractivity contribution in [2.24, 2.45) is 0 Å². The highest BCUT2D eigenvalue weighted by atomic mass is 35.5. The molecule has 3 aliphatic rings. The molecule has 2 fully saturated rings. The third-order valence-electron chi connectivity index (χ3n) is 6.37. The van der Waals surface area contributed by atoms with Crippen LogP contribution in [0.15, 0.2) is 6.07 Å². The van der Waals surface area contributed by atoms with Crippen molar-refractivity contribution < 1.29 is 9.53 Å². The number of nitrogens with zero attached hydrogens (tertiary/aromatic N) is 5. The minimum absolute atomic E-state index is 0.192. The van der Waals surface area contributed by atoms with Gasteiger partial charge in [0.05, 0.1) is 5.69 Å². The predicted octanol–water partition coefficient (Wildman–Crippen LogP) is 3.22. The van der Waals surface area contributed by atoms with E-state index in [1.807, 2.05) is 31.7 Å². The van der Waals surface area contributed by atoms with E-state index >= 15 is 0 Å². The van der Waals surface area contributed by atoms with Gasteiger partial charge < -0.3 is 19.9 Å². The van der Waals surface area contributed by atoms with Crippen molar-refractivity contribution in [3.8, 4) is 0 Å². The van der Waals surface area contributed by atoms with Gasteiger partial charge in [0.1, 0.15) is 5.60 Å². The van der Waals surface area contributed by atoms with Crippen LogP contribution >= 0.6 is 11.6 Å². The van der Waals surface area contributed by atoms with Gasteiger partial charge in [-0.25, -0.2) is 4.79 Å². The van der Waals surface area contributed by atoms with Crippen LogP contribution < -0.4 is 10.2 Å². The van der Waals surface area contributed by atoms with E-state index in [0.29, 0.717) is 23.3 Å². The molecule has 0 saturated carbocycles. The number of fused-ring (bicyclic) bond motifs is 3. The second-order valence-electron chi connectivity index (χ2n) is 9.51. The van der Waals surface area contributed by atoms with Gasteiger partial charge in [-0.1, -0.05) is 18.5 Å². The number of halogens is 1. The van der Waals surface area contributed by atoms with Crippen LogP contribution in [0.3, 0.4) is 0 Å². The molecule has 4 rings (SSSR count). The van der Waals surface area contributed by atoms with E-state index in [1.165, 1.54) is 0 Å². The number of hydrogen-bond acceptors (Lipinski definition) is 7. The van der Waals surface area contributed by atoms with Crippen molar-refractivity contribution >= 4 is 29.2 Å². The Hall–Kier alpha value is -1.80. The maximum absolute atomic E-state index is 12.4. The molecular formula is C21H33ClN6O2. The molecule has 0 radical (unpaired) electrons. The van der Waals surface area contributed by atoms with Gasteiger partial charge in [-0.15, -0.1) is 10.2 Å². The van der Waals surface area contributed by atoms with Crippen LogP contribution in [0.25, 0.3) is 0 Å². The van der Waals surface area contributed by atoms with Crippen molar-refractivity contribution in [3.63, 3.8) is 0 Å². The summed E-state index contributed by atoms with van der Waals surface area (Å²) in [5, 5.41) is 12.0. The Morgan fingerprint density at radius 1 is 1.30 bits per heavy atom. The molecule has 2 saturated heterocycles. The Morgan fingerprint density at radius 3 is 2.70 bits per heavy atom. The maximum Gasteiger partial charge on any atom is 0.410 e. The van der Waals surface area contributed by atoms with Crippen LogP contribution in [0.4, 0.5) is 16.3 Å². The topological polar surface area (TPSA) is 73.8 Å². The fraction of sp³-hybridized carbons (Fsp3) is 0.762. The molecule has 1 aromatic rings. The summed E-state index contributed by atoms with van der Waals surface area (Å²) in [5.74, 6) is 0.824. The van der Waals surface area contributed by atoms with E-state index in [2.05, 4.69) is 32.2 Å². The first-order valence-corrected chi connectivity index (χ1v) is 11.4. The minimum Gasteiger partial charge on any atom is -0.444 e. The standard InChI is InChI=1S/C21H33ClN6O2/c1-5-27(14-6-8-26(9-7-14)20(29)30-21(2,3)4)16-10-15-12-23-19-17(28(15)13-16)11-18(22)24-25-19/h11,14-16H,5-10,12-13H2,1-4H3,(H,23,25)/t15?,16-/m1/s1. The van der Waals surface area contributed by atoms with Crippen molar-refractivity contribution in [2.75, 3.05) is 42.9 Å². The lowest BCUT2D eigenvalue weighted by Gasteiger charge is -2.41. The van der Waals surface area contributed by atoms with E-state index in [9.17, 15) is 4.79 Å². The summed E-state index contributed by atoms with van der Waals surface area (Å²) in [5.41, 5.74) is 0.611. The van der Waals surface area contributed by atoms with Crippen molar-refractivity contribution in [2.45, 2.75) is 70.7 Å². The summed E-state index contributed by atoms with van der Waals surface area (Å²) in [4.78, 5) is 19.3. The van der Waals surface area contributed by atoms with Gasteiger partial charge in [-0.3, -0.25) is 4.90 Å². The Balaban J connectivity index is 1.38. The molecule has 1 aromatic heterocycles. The number of carbonyl (C=O) groups is 1. The molecule has 2 atom stereocenters. The molecule has 0 bridgehead atoms. The molecule has 8 nitrogen and oxygen atoms in total.